The molecular weight excluding hydrogens is 268 g/mol. The molecule has 1 unspecified atom stereocenters. The van der Waals surface area contributed by atoms with Gasteiger partial charge in [-0.05, 0) is 5.92 Å². The molecule has 1 fully saturated rings. The van der Waals surface area contributed by atoms with Gasteiger partial charge in [-0.1, -0.05) is 13.8 Å². The molecule has 0 aliphatic carbocycles. The van der Waals surface area contributed by atoms with Gasteiger partial charge in [0.2, 0.25) is 5.91 Å². The van der Waals surface area contributed by atoms with Crippen molar-refractivity contribution in [1.82, 2.24) is 14.5 Å². The van der Waals surface area contributed by atoms with Crippen LogP contribution in [0.25, 0.3) is 0 Å². The predicted molar refractivity (Wildman–Crippen MR) is 80.9 cm³/mol. The Kier molecular flexibility index (Phi) is 5.76. The summed E-state index contributed by atoms with van der Waals surface area (Å²) in [4.78, 5) is 18.3. The second kappa shape index (κ2) is 7.56. The number of nitrogens with zero attached hydrogens (tertiary/aromatic N) is 3. The summed E-state index contributed by atoms with van der Waals surface area (Å²) < 4.78 is 7.33. The standard InChI is InChI=1S/C15H26N4O2/c1-12(2)13(9-16)14-10-17-11-19(14)4-3-15(20)18-5-7-21-8-6-18/h10-13H,3-9,16H2,1-2H3. The molecule has 1 aromatic rings. The van der Waals surface area contributed by atoms with E-state index in [4.69, 9.17) is 10.5 Å². The highest BCUT2D eigenvalue weighted by molar-refractivity contribution is 5.76. The van der Waals surface area contributed by atoms with Crippen LogP contribution in [0, 0.1) is 5.92 Å². The van der Waals surface area contributed by atoms with E-state index >= 15 is 0 Å². The number of amides is 1. The molecule has 0 bridgehead atoms. The lowest BCUT2D eigenvalue weighted by atomic mass is 9.93. The van der Waals surface area contributed by atoms with Gasteiger partial charge in [0.25, 0.3) is 0 Å². The van der Waals surface area contributed by atoms with Crippen molar-refractivity contribution in [3.63, 3.8) is 0 Å². The third-order valence-corrected chi connectivity index (χ3v) is 4.11. The van der Waals surface area contributed by atoms with E-state index in [0.29, 0.717) is 51.7 Å². The van der Waals surface area contributed by atoms with Gasteiger partial charge in [0.05, 0.1) is 19.5 Å². The zero-order chi connectivity index (χ0) is 15.2. The van der Waals surface area contributed by atoms with Crippen LogP contribution < -0.4 is 5.73 Å². The first-order valence-corrected chi connectivity index (χ1v) is 7.69. The molecule has 0 saturated carbocycles. The second-order valence-corrected chi connectivity index (χ2v) is 5.84. The van der Waals surface area contributed by atoms with Crippen molar-refractivity contribution >= 4 is 5.91 Å². The summed E-state index contributed by atoms with van der Waals surface area (Å²) in [5, 5.41) is 0. The summed E-state index contributed by atoms with van der Waals surface area (Å²) in [6.45, 7) is 8.27. The van der Waals surface area contributed by atoms with E-state index in [2.05, 4.69) is 23.4 Å². The smallest absolute Gasteiger partial charge is 0.224 e. The molecule has 21 heavy (non-hydrogen) atoms. The first kappa shape index (κ1) is 16.0. The number of carbonyl (C=O) groups excluding carboxylic acids is 1. The van der Waals surface area contributed by atoms with Crippen LogP contribution in [0.2, 0.25) is 0 Å². The number of aryl methyl sites for hydroxylation is 1. The van der Waals surface area contributed by atoms with Crippen LogP contribution in [-0.2, 0) is 16.1 Å². The van der Waals surface area contributed by atoms with Gasteiger partial charge in [-0.25, -0.2) is 4.98 Å². The maximum atomic E-state index is 12.2. The number of hydrogen-bond acceptors (Lipinski definition) is 4. The molecule has 118 valence electrons. The maximum Gasteiger partial charge on any atom is 0.224 e. The van der Waals surface area contributed by atoms with Crippen molar-refractivity contribution in [3.8, 4) is 0 Å². The van der Waals surface area contributed by atoms with Gasteiger partial charge in [-0.3, -0.25) is 4.79 Å². The Labute approximate surface area is 126 Å². The number of rotatable bonds is 6. The minimum Gasteiger partial charge on any atom is -0.378 e. The summed E-state index contributed by atoms with van der Waals surface area (Å²) in [6.07, 6.45) is 4.17. The van der Waals surface area contributed by atoms with Crippen LogP contribution in [-0.4, -0.2) is 53.2 Å². The maximum absolute atomic E-state index is 12.2. The Hall–Kier alpha value is -1.40. The Bertz CT molecular complexity index is 452. The third kappa shape index (κ3) is 4.04. The topological polar surface area (TPSA) is 73.4 Å². The Morgan fingerprint density at radius 2 is 2.14 bits per heavy atom. The number of aromatic nitrogens is 2. The molecule has 2 heterocycles. The molecular formula is C15H26N4O2. The highest BCUT2D eigenvalue weighted by Crippen LogP contribution is 2.23. The molecule has 1 aliphatic rings. The zero-order valence-corrected chi connectivity index (χ0v) is 13.0. The van der Waals surface area contributed by atoms with E-state index in [1.54, 1.807) is 6.33 Å². The summed E-state index contributed by atoms with van der Waals surface area (Å²) >= 11 is 0. The van der Waals surface area contributed by atoms with Gasteiger partial charge in [0.15, 0.2) is 0 Å². The molecule has 2 N–H and O–H groups in total. The predicted octanol–water partition coefficient (Wildman–Crippen LogP) is 0.830. The van der Waals surface area contributed by atoms with Crippen molar-refractivity contribution in [2.24, 2.45) is 11.7 Å². The van der Waals surface area contributed by atoms with Crippen molar-refractivity contribution in [3.05, 3.63) is 18.2 Å². The van der Waals surface area contributed by atoms with Gasteiger partial charge in [0, 0.05) is 50.4 Å². The minimum absolute atomic E-state index is 0.187. The quantitative estimate of drug-likeness (QED) is 0.843. The van der Waals surface area contributed by atoms with Gasteiger partial charge in [-0.2, -0.15) is 0 Å². The first-order valence-electron chi connectivity index (χ1n) is 7.69. The summed E-state index contributed by atoms with van der Waals surface area (Å²) in [5.74, 6) is 0.929. The Morgan fingerprint density at radius 1 is 1.43 bits per heavy atom. The fraction of sp³-hybridized carbons (Fsp3) is 0.733. The normalized spacial score (nSPS) is 17.2. The number of morpholine rings is 1. The van der Waals surface area contributed by atoms with Crippen LogP contribution in [0.1, 0.15) is 31.9 Å². The summed E-state index contributed by atoms with van der Waals surface area (Å²) in [7, 11) is 0. The molecule has 1 saturated heterocycles. The number of nitrogens with two attached hydrogens (primary N) is 1. The van der Waals surface area contributed by atoms with E-state index in [1.807, 2.05) is 11.1 Å². The monoisotopic (exact) mass is 294 g/mol. The SMILES string of the molecule is CC(C)C(CN)c1cncn1CCC(=O)N1CCOCC1. The van der Waals surface area contributed by atoms with Crippen LogP contribution >= 0.6 is 0 Å². The lowest BCUT2D eigenvalue weighted by molar-refractivity contribution is -0.135. The molecule has 1 aliphatic heterocycles. The van der Waals surface area contributed by atoms with Gasteiger partial charge < -0.3 is 19.9 Å². The van der Waals surface area contributed by atoms with Crippen molar-refractivity contribution < 1.29 is 9.53 Å². The fourth-order valence-corrected chi connectivity index (χ4v) is 2.75. The zero-order valence-electron chi connectivity index (χ0n) is 13.0. The van der Waals surface area contributed by atoms with Crippen molar-refractivity contribution in [2.75, 3.05) is 32.8 Å². The minimum atomic E-state index is 0.187. The van der Waals surface area contributed by atoms with Crippen molar-refractivity contribution in [1.29, 1.82) is 0 Å². The van der Waals surface area contributed by atoms with Crippen molar-refractivity contribution in [2.45, 2.75) is 32.7 Å². The molecule has 2 rings (SSSR count). The van der Waals surface area contributed by atoms with Crippen LogP contribution in [0.5, 0.6) is 0 Å². The Balaban J connectivity index is 1.94. The van der Waals surface area contributed by atoms with E-state index in [0.717, 1.165) is 5.69 Å². The number of carbonyl (C=O) groups is 1. The molecule has 1 aromatic heterocycles. The first-order chi connectivity index (χ1) is 10.1. The van der Waals surface area contributed by atoms with E-state index in [1.165, 1.54) is 0 Å². The number of ether oxygens (including phenoxy) is 1. The second-order valence-electron chi connectivity index (χ2n) is 5.84. The van der Waals surface area contributed by atoms with Gasteiger partial charge in [-0.15, -0.1) is 0 Å². The molecule has 1 atom stereocenters. The lowest BCUT2D eigenvalue weighted by Gasteiger charge is -2.27. The van der Waals surface area contributed by atoms with Gasteiger partial charge >= 0.3 is 0 Å². The van der Waals surface area contributed by atoms with Crippen LogP contribution in [0.15, 0.2) is 12.5 Å². The number of imidazole rings is 1. The van der Waals surface area contributed by atoms with E-state index < -0.39 is 0 Å². The lowest BCUT2D eigenvalue weighted by Crippen LogP contribution is -2.41. The molecule has 6 heteroatoms. The third-order valence-electron chi connectivity index (χ3n) is 4.11. The molecule has 6 nitrogen and oxygen atoms in total. The molecule has 0 spiro atoms. The molecule has 0 aromatic carbocycles. The molecule has 0 radical (unpaired) electrons. The van der Waals surface area contributed by atoms with Crippen LogP contribution in [0.4, 0.5) is 0 Å². The van der Waals surface area contributed by atoms with E-state index in [-0.39, 0.29) is 11.8 Å². The summed E-state index contributed by atoms with van der Waals surface area (Å²) in [5.41, 5.74) is 7.00. The average molecular weight is 294 g/mol. The average Bonchev–Trinajstić information content (AvgIpc) is 2.94. The highest BCUT2D eigenvalue weighted by Gasteiger charge is 2.20. The number of hydrogen-bond donors (Lipinski definition) is 1. The summed E-state index contributed by atoms with van der Waals surface area (Å²) in [6, 6.07) is 0. The fourth-order valence-electron chi connectivity index (χ4n) is 2.75. The molecule has 1 amide bonds. The van der Waals surface area contributed by atoms with Crippen LogP contribution in [0.3, 0.4) is 0 Å². The van der Waals surface area contributed by atoms with Gasteiger partial charge in [0.1, 0.15) is 0 Å². The largest absolute Gasteiger partial charge is 0.378 e. The highest BCUT2D eigenvalue weighted by atomic mass is 16.5. The Morgan fingerprint density at radius 3 is 2.76 bits per heavy atom. The van der Waals surface area contributed by atoms with E-state index in [9.17, 15) is 4.79 Å².